The maximum atomic E-state index is 16.9. The largest absolute Gasteiger partial charge is 0.461 e. The highest BCUT2D eigenvalue weighted by Gasteiger charge is 2.46. The third-order valence-corrected chi connectivity index (χ3v) is 10.9. The first-order chi connectivity index (χ1) is 22.6. The molecule has 1 aromatic heterocycles. The van der Waals surface area contributed by atoms with Gasteiger partial charge in [0, 0.05) is 34.4 Å². The lowest BCUT2D eigenvalue weighted by Gasteiger charge is -2.42. The molecule has 2 atom stereocenters. The van der Waals surface area contributed by atoms with Gasteiger partial charge in [0.15, 0.2) is 5.82 Å². The van der Waals surface area contributed by atoms with Crippen molar-refractivity contribution in [2.24, 2.45) is 0 Å². The van der Waals surface area contributed by atoms with E-state index < -0.39 is 11.4 Å². The molecule has 0 radical (unpaired) electrons. The van der Waals surface area contributed by atoms with Crippen LogP contribution in [0.25, 0.3) is 32.8 Å². The Bertz CT molecular complexity index is 1850. The highest BCUT2D eigenvalue weighted by atomic mass is 35.5. The number of fused-ring (bicyclic) bond motifs is 5. The standard InChI is InChI=1S/C37H41ClFN5O3/c1-36(2,3)47-35(45)44-24-12-13-25(44)21-42(20-24)33-28-15-14-27(26-10-4-8-23-9-5-11-29(38)30(23)26)31(39)32(28)40-34(41-33)46-22-37-16-6-18-43(37)19-7-17-37/h4-5,8-11,14-15,24-25H,6-7,12-13,16-22H2,1-3H3/t24-,25+. The zero-order valence-corrected chi connectivity index (χ0v) is 28.0. The molecule has 1 amide bonds. The first-order valence-corrected chi connectivity index (χ1v) is 17.3. The van der Waals surface area contributed by atoms with Crippen LogP contribution in [0.2, 0.25) is 5.02 Å². The number of halogens is 2. The van der Waals surface area contributed by atoms with Crippen molar-refractivity contribution < 1.29 is 18.7 Å². The Labute approximate surface area is 279 Å². The van der Waals surface area contributed by atoms with E-state index in [1.807, 2.05) is 74.2 Å². The van der Waals surface area contributed by atoms with Crippen molar-refractivity contribution >= 4 is 45.2 Å². The summed E-state index contributed by atoms with van der Waals surface area (Å²) in [5, 5.41) is 2.94. The van der Waals surface area contributed by atoms with Crippen LogP contribution in [0.1, 0.15) is 59.3 Å². The Morgan fingerprint density at radius 2 is 1.68 bits per heavy atom. The third kappa shape index (κ3) is 5.35. The minimum absolute atomic E-state index is 0.00325. The summed E-state index contributed by atoms with van der Waals surface area (Å²) in [6, 6.07) is 15.4. The predicted octanol–water partition coefficient (Wildman–Crippen LogP) is 7.84. The number of carbonyl (C=O) groups excluding carboxylic acids is 1. The van der Waals surface area contributed by atoms with Gasteiger partial charge in [-0.25, -0.2) is 9.18 Å². The van der Waals surface area contributed by atoms with Crippen LogP contribution in [-0.2, 0) is 4.74 Å². The summed E-state index contributed by atoms with van der Waals surface area (Å²) < 4.78 is 29.1. The number of rotatable bonds is 5. The van der Waals surface area contributed by atoms with Crippen LogP contribution < -0.4 is 9.64 Å². The third-order valence-electron chi connectivity index (χ3n) is 10.6. The molecule has 10 heteroatoms. The number of aromatic nitrogens is 2. The number of hydrogen-bond acceptors (Lipinski definition) is 7. The quantitative estimate of drug-likeness (QED) is 0.217. The second kappa shape index (κ2) is 11.5. The SMILES string of the molecule is CC(C)(C)OC(=O)N1[C@@H]2CC[C@H]1CN(c1nc(OCC34CCCN3CCC4)nc3c(F)c(-c4cccc5cccc(Cl)c45)ccc13)C2. The van der Waals surface area contributed by atoms with Gasteiger partial charge in [-0.05, 0) is 95.5 Å². The van der Waals surface area contributed by atoms with E-state index in [2.05, 4.69) is 9.80 Å². The maximum absolute atomic E-state index is 16.9. The van der Waals surface area contributed by atoms with Crippen LogP contribution in [0.15, 0.2) is 48.5 Å². The van der Waals surface area contributed by atoms with E-state index in [1.165, 1.54) is 0 Å². The first-order valence-electron chi connectivity index (χ1n) is 16.9. The van der Waals surface area contributed by atoms with Crippen LogP contribution in [0.5, 0.6) is 6.01 Å². The fourth-order valence-corrected chi connectivity index (χ4v) is 8.79. The predicted molar refractivity (Wildman–Crippen MR) is 183 cm³/mol. The van der Waals surface area contributed by atoms with Gasteiger partial charge >= 0.3 is 12.1 Å². The van der Waals surface area contributed by atoms with Gasteiger partial charge in [-0.2, -0.15) is 9.97 Å². The Morgan fingerprint density at radius 1 is 0.979 bits per heavy atom. The minimum atomic E-state index is -0.569. The van der Waals surface area contributed by atoms with Gasteiger partial charge in [-0.15, -0.1) is 0 Å². The number of benzene rings is 3. The Hall–Kier alpha value is -3.69. The molecular formula is C37H41ClFN5O3. The average molecular weight is 658 g/mol. The lowest BCUT2D eigenvalue weighted by Crippen LogP contribution is -2.57. The van der Waals surface area contributed by atoms with E-state index in [4.69, 9.17) is 31.0 Å². The summed E-state index contributed by atoms with van der Waals surface area (Å²) in [5.41, 5.74) is 0.792. The molecule has 2 bridgehead atoms. The molecule has 0 aliphatic carbocycles. The van der Waals surface area contributed by atoms with Crippen molar-refractivity contribution in [3.8, 4) is 17.1 Å². The molecule has 246 valence electrons. The number of hydrogen-bond donors (Lipinski definition) is 0. The van der Waals surface area contributed by atoms with Crippen LogP contribution in [0.3, 0.4) is 0 Å². The summed E-state index contributed by atoms with van der Waals surface area (Å²) in [4.78, 5) is 29.6. The van der Waals surface area contributed by atoms with Crippen molar-refractivity contribution in [2.45, 2.75) is 82.5 Å². The van der Waals surface area contributed by atoms with Gasteiger partial charge in [-0.3, -0.25) is 9.80 Å². The Balaban J connectivity index is 1.20. The number of ether oxygens (including phenoxy) is 2. The zero-order valence-electron chi connectivity index (χ0n) is 27.3. The number of nitrogens with zero attached hydrogens (tertiary/aromatic N) is 5. The molecule has 4 aromatic rings. The average Bonchev–Trinajstić information content (AvgIpc) is 3.70. The van der Waals surface area contributed by atoms with E-state index in [1.54, 1.807) is 0 Å². The number of piperazine rings is 1. The summed E-state index contributed by atoms with van der Waals surface area (Å²) in [5.74, 6) is 0.208. The molecule has 8 rings (SSSR count). The molecule has 4 fully saturated rings. The van der Waals surface area contributed by atoms with Gasteiger partial charge in [0.2, 0.25) is 0 Å². The van der Waals surface area contributed by atoms with Gasteiger partial charge in [0.1, 0.15) is 23.5 Å². The summed E-state index contributed by atoms with van der Waals surface area (Å²) >= 11 is 6.67. The second-order valence-electron chi connectivity index (χ2n) is 14.7. The topological polar surface area (TPSA) is 71.0 Å². The lowest BCUT2D eigenvalue weighted by molar-refractivity contribution is 0.0122. The smallest absolute Gasteiger partial charge is 0.410 e. The monoisotopic (exact) mass is 657 g/mol. The van der Waals surface area contributed by atoms with E-state index in [0.29, 0.717) is 47.1 Å². The maximum Gasteiger partial charge on any atom is 0.410 e. The fraction of sp³-hybridized carbons (Fsp3) is 0.486. The summed E-state index contributed by atoms with van der Waals surface area (Å²) in [6.45, 7) is 9.47. The number of anilines is 1. The van der Waals surface area contributed by atoms with Crippen molar-refractivity contribution in [1.82, 2.24) is 19.8 Å². The van der Waals surface area contributed by atoms with Crippen molar-refractivity contribution in [1.29, 1.82) is 0 Å². The van der Waals surface area contributed by atoms with Crippen LogP contribution >= 0.6 is 11.6 Å². The molecule has 4 aliphatic heterocycles. The summed E-state index contributed by atoms with van der Waals surface area (Å²) in [6.07, 6.45) is 5.97. The lowest BCUT2D eigenvalue weighted by atomic mass is 9.95. The zero-order chi connectivity index (χ0) is 32.5. The van der Waals surface area contributed by atoms with E-state index in [-0.39, 0.29) is 35.2 Å². The fourth-order valence-electron chi connectivity index (χ4n) is 8.51. The molecular weight excluding hydrogens is 617 g/mol. The van der Waals surface area contributed by atoms with E-state index in [0.717, 1.165) is 62.4 Å². The molecule has 4 aliphatic rings. The van der Waals surface area contributed by atoms with Gasteiger partial charge in [0.05, 0.1) is 17.6 Å². The molecule has 3 aromatic carbocycles. The Kier molecular flexibility index (Phi) is 7.48. The van der Waals surface area contributed by atoms with Crippen molar-refractivity contribution in [3.05, 3.63) is 59.4 Å². The molecule has 0 saturated carbocycles. The summed E-state index contributed by atoms with van der Waals surface area (Å²) in [7, 11) is 0. The Morgan fingerprint density at radius 3 is 2.38 bits per heavy atom. The van der Waals surface area contributed by atoms with Crippen molar-refractivity contribution in [3.63, 3.8) is 0 Å². The van der Waals surface area contributed by atoms with Gasteiger partial charge in [-0.1, -0.05) is 48.0 Å². The molecule has 47 heavy (non-hydrogen) atoms. The van der Waals surface area contributed by atoms with E-state index >= 15 is 4.39 Å². The molecule has 4 saturated heterocycles. The van der Waals surface area contributed by atoms with Crippen LogP contribution in [0.4, 0.5) is 15.0 Å². The highest BCUT2D eigenvalue weighted by molar-refractivity contribution is 6.36. The molecule has 0 N–H and O–H groups in total. The van der Waals surface area contributed by atoms with Crippen molar-refractivity contribution in [2.75, 3.05) is 37.7 Å². The number of carbonyl (C=O) groups is 1. The van der Waals surface area contributed by atoms with E-state index in [9.17, 15) is 4.79 Å². The minimum Gasteiger partial charge on any atom is -0.461 e. The second-order valence-corrected chi connectivity index (χ2v) is 15.1. The molecule has 0 spiro atoms. The highest BCUT2D eigenvalue weighted by Crippen LogP contribution is 2.42. The van der Waals surface area contributed by atoms with Crippen LogP contribution in [0, 0.1) is 5.82 Å². The molecule has 0 unspecified atom stereocenters. The van der Waals surface area contributed by atoms with Gasteiger partial charge in [0.25, 0.3) is 0 Å². The van der Waals surface area contributed by atoms with Gasteiger partial charge < -0.3 is 14.4 Å². The number of amides is 1. The molecule has 5 heterocycles. The van der Waals surface area contributed by atoms with Crippen LogP contribution in [-0.4, -0.2) is 81.9 Å². The first kappa shape index (κ1) is 30.6. The molecule has 8 nitrogen and oxygen atoms in total. The normalized spacial score (nSPS) is 22.3.